The lowest BCUT2D eigenvalue weighted by Crippen LogP contribution is -2.38. The smallest absolute Gasteiger partial charge is 0.612 e. The summed E-state index contributed by atoms with van der Waals surface area (Å²) in [5.74, 6) is 0. The van der Waals surface area contributed by atoms with Crippen LogP contribution in [-0.2, 0) is 0 Å². The second kappa shape index (κ2) is 12.8. The van der Waals surface area contributed by atoms with Crippen LogP contribution in [0.15, 0.2) is 70.1 Å². The van der Waals surface area contributed by atoms with E-state index in [1.165, 1.54) is 55.5 Å². The van der Waals surface area contributed by atoms with Crippen molar-refractivity contribution in [1.29, 1.82) is 0 Å². The van der Waals surface area contributed by atoms with E-state index in [4.69, 9.17) is 0 Å². The number of hydrogen-bond acceptors (Lipinski definition) is 12. The standard InChI is InChI=1S/2C13H13N2O3S2/c2*16-14-10(12-3-1-5-19-12)7-9(15(17)18)8-11(14)13-4-2-6-20-13/h2*1-6,10-11,16H,7-8H2/q2*-1/p+2/t2*10-,11-/m10/s1. The molecule has 0 saturated carbocycles. The summed E-state index contributed by atoms with van der Waals surface area (Å²) in [6.45, 7) is 0. The predicted molar refractivity (Wildman–Crippen MR) is 160 cm³/mol. The van der Waals surface area contributed by atoms with Gasteiger partial charge in [0, 0.05) is 19.5 Å². The first-order chi connectivity index (χ1) is 19.3. The molecule has 0 unspecified atom stereocenters. The summed E-state index contributed by atoms with van der Waals surface area (Å²) in [7, 11) is 0. The molecule has 4 aromatic rings. The molecule has 0 radical (unpaired) electrons. The molecule has 0 bridgehead atoms. The average Bonchev–Trinajstić information content (AvgIpc) is 3.78. The first kappa shape index (κ1) is 28.7. The van der Waals surface area contributed by atoms with Crippen molar-refractivity contribution in [3.05, 3.63) is 110 Å². The predicted octanol–water partition coefficient (Wildman–Crippen LogP) is 7.28. The van der Waals surface area contributed by atoms with Gasteiger partial charge in [-0.2, -0.15) is 19.9 Å². The minimum atomic E-state index is -0.337. The summed E-state index contributed by atoms with van der Waals surface area (Å²) in [5, 5.41) is 75.9. The van der Waals surface area contributed by atoms with Crippen LogP contribution >= 0.6 is 45.3 Å². The molecule has 2 N–H and O–H groups in total. The van der Waals surface area contributed by atoms with Gasteiger partial charge in [-0.3, -0.25) is 0 Å². The lowest BCUT2D eigenvalue weighted by molar-refractivity contribution is -0.385. The molecule has 0 aliphatic carbocycles. The molecule has 6 heterocycles. The van der Waals surface area contributed by atoms with Crippen molar-refractivity contribution < 1.29 is 23.1 Å². The Bertz CT molecular complexity index is 1210. The Morgan fingerprint density at radius 1 is 0.550 bits per heavy atom. The number of thiophene rings is 4. The minimum absolute atomic E-state index is 0. The molecule has 0 aromatic carbocycles. The van der Waals surface area contributed by atoms with Gasteiger partial charge >= 0.3 is 2.85 Å². The molecule has 2 aliphatic heterocycles. The van der Waals surface area contributed by atoms with Crippen LogP contribution in [0.2, 0.25) is 0 Å². The van der Waals surface area contributed by atoms with Gasteiger partial charge in [-0.15, -0.1) is 45.3 Å². The Morgan fingerprint density at radius 2 is 0.800 bits per heavy atom. The summed E-state index contributed by atoms with van der Waals surface area (Å²) in [5.41, 5.74) is 0.569. The third kappa shape index (κ3) is 6.24. The van der Waals surface area contributed by atoms with Gasteiger partial charge in [0.15, 0.2) is 11.4 Å². The number of hydrogen-bond donors (Lipinski definition) is 2. The van der Waals surface area contributed by atoms with Gasteiger partial charge in [-0.25, -0.2) is 0 Å². The summed E-state index contributed by atoms with van der Waals surface area (Å²) in [6.07, 6.45) is 1.08. The highest BCUT2D eigenvalue weighted by molar-refractivity contribution is 7.10. The van der Waals surface area contributed by atoms with Gasteiger partial charge in [-0.1, -0.05) is 24.3 Å². The van der Waals surface area contributed by atoms with E-state index in [1.54, 1.807) is 0 Å². The van der Waals surface area contributed by atoms with Gasteiger partial charge in [0.25, 0.3) is 0 Å². The monoisotopic (exact) mass is 620 g/mol. The summed E-state index contributed by atoms with van der Waals surface area (Å²) in [6, 6.07) is 13.9. The summed E-state index contributed by atoms with van der Waals surface area (Å²) in [4.78, 5) is 3.21. The number of piperidine rings is 2. The lowest BCUT2D eigenvalue weighted by Gasteiger charge is -2.36. The molecule has 2 saturated heterocycles. The van der Waals surface area contributed by atoms with Crippen LogP contribution in [0.5, 0.6) is 0 Å². The van der Waals surface area contributed by atoms with Crippen molar-refractivity contribution in [2.45, 2.75) is 49.9 Å². The molecule has 4 aromatic heterocycles. The van der Waals surface area contributed by atoms with Crippen molar-refractivity contribution in [1.82, 2.24) is 10.1 Å². The molecule has 10 nitrogen and oxygen atoms in total. The van der Waals surface area contributed by atoms with Crippen molar-refractivity contribution in [2.75, 3.05) is 0 Å². The second-order valence-electron chi connectivity index (χ2n) is 9.35. The van der Waals surface area contributed by atoms with Gasteiger partial charge in [0.1, 0.15) is 0 Å². The van der Waals surface area contributed by atoms with E-state index >= 15 is 0 Å². The average molecular weight is 621 g/mol. The lowest BCUT2D eigenvalue weighted by atomic mass is 9.94. The fourth-order valence-electron chi connectivity index (χ4n) is 5.01. The highest BCUT2D eigenvalue weighted by Crippen LogP contribution is 2.42. The van der Waals surface area contributed by atoms with Crippen LogP contribution in [0.1, 0.15) is 72.2 Å². The molecule has 2 aliphatic rings. The number of rotatable bonds is 4. The van der Waals surface area contributed by atoms with E-state index in [0.29, 0.717) is 0 Å². The SMILES string of the molecule is [H+].[H+].[O-][N+]([O-])=C1C[C@@H](c2cccs2)N(O)[C@H](c2cccs2)C1.[O-][N+]([O-])=C1C[C@H](c2cccs2)N(O)[C@@H](c2cccs2)C1. The third-order valence-corrected chi connectivity index (χ3v) is 10.9. The van der Waals surface area contributed by atoms with E-state index in [1.807, 2.05) is 70.1 Å². The van der Waals surface area contributed by atoms with Crippen LogP contribution in [0.25, 0.3) is 0 Å². The zero-order valence-corrected chi connectivity index (χ0v) is 24.3. The van der Waals surface area contributed by atoms with Gasteiger partial charge in [-0.05, 0) is 45.8 Å². The van der Waals surface area contributed by atoms with Crippen LogP contribution < -0.4 is 0 Å². The normalized spacial score (nSPS) is 23.9. The highest BCUT2D eigenvalue weighted by atomic mass is 32.1. The fraction of sp³-hybridized carbons (Fsp3) is 0.308. The topological polar surface area (TPSA) is 145 Å². The third-order valence-electron chi connectivity index (χ3n) is 7.00. The zero-order valence-electron chi connectivity index (χ0n) is 23.0. The van der Waals surface area contributed by atoms with Crippen LogP contribution in [-0.4, -0.2) is 41.8 Å². The molecule has 4 atom stereocenters. The Morgan fingerprint density at radius 3 is 0.975 bits per heavy atom. The molecule has 212 valence electrons. The molecule has 40 heavy (non-hydrogen) atoms. The van der Waals surface area contributed by atoms with Crippen LogP contribution in [0.4, 0.5) is 0 Å². The van der Waals surface area contributed by atoms with Crippen molar-refractivity contribution in [2.24, 2.45) is 0 Å². The van der Waals surface area contributed by atoms with E-state index in [9.17, 15) is 31.2 Å². The molecule has 6 rings (SSSR count). The molecular formula is C26H28N4O6S4. The first-order valence-corrected chi connectivity index (χ1v) is 15.9. The fourth-order valence-corrected chi connectivity index (χ4v) is 8.29. The molecule has 0 spiro atoms. The van der Waals surface area contributed by atoms with Gasteiger partial charge in [0.05, 0.1) is 49.9 Å². The molecule has 2 fully saturated rings. The first-order valence-electron chi connectivity index (χ1n) is 12.4. The Kier molecular flexibility index (Phi) is 9.17. The van der Waals surface area contributed by atoms with Crippen molar-refractivity contribution in [3.63, 3.8) is 0 Å². The Balaban J connectivity index is 0.000000220. The van der Waals surface area contributed by atoms with Gasteiger partial charge < -0.3 is 31.2 Å². The highest BCUT2D eigenvalue weighted by Gasteiger charge is 2.39. The van der Waals surface area contributed by atoms with Gasteiger partial charge in [0.2, 0.25) is 0 Å². The Labute approximate surface area is 249 Å². The quantitative estimate of drug-likeness (QED) is 0.179. The Hall–Kier alpha value is -2.82. The summed E-state index contributed by atoms with van der Waals surface area (Å²) >= 11 is 6.05. The molecule has 0 amide bonds. The zero-order chi connectivity index (χ0) is 28.2. The summed E-state index contributed by atoms with van der Waals surface area (Å²) < 4.78 is 0. The van der Waals surface area contributed by atoms with E-state index in [2.05, 4.69) is 0 Å². The maximum atomic E-state index is 11.2. The van der Waals surface area contributed by atoms with Crippen LogP contribution in [0, 0.1) is 20.8 Å². The van der Waals surface area contributed by atoms with E-state index < -0.39 is 0 Å². The van der Waals surface area contributed by atoms with Crippen molar-refractivity contribution in [3.8, 4) is 0 Å². The second-order valence-corrected chi connectivity index (χ2v) is 13.3. The maximum absolute atomic E-state index is 11.2. The van der Waals surface area contributed by atoms with Crippen molar-refractivity contribution >= 4 is 56.8 Å². The maximum Gasteiger partial charge on any atom is 1.00 e. The minimum Gasteiger partial charge on any atom is -0.612 e. The number of nitrogens with zero attached hydrogens (tertiary/aromatic N) is 4. The van der Waals surface area contributed by atoms with E-state index in [-0.39, 0.29) is 73.9 Å². The number of hydroxylamine groups is 4. The largest absolute Gasteiger partial charge is 1.00 e. The van der Waals surface area contributed by atoms with E-state index in [0.717, 1.165) is 19.5 Å². The molecule has 14 heteroatoms. The molecular weight excluding hydrogens is 593 g/mol. The van der Waals surface area contributed by atoms with Crippen LogP contribution in [0.3, 0.4) is 0 Å².